The van der Waals surface area contributed by atoms with Crippen LogP contribution in [-0.4, -0.2) is 19.0 Å². The fourth-order valence-electron chi connectivity index (χ4n) is 2.45. The van der Waals surface area contributed by atoms with Crippen LogP contribution < -0.4 is 10.1 Å². The molecular formula is C22H19NO4. The Kier molecular flexibility index (Phi) is 5.84. The SMILES string of the molecule is COC(=O)c1ccc(C(=O)Nc2ccc(OCc3ccccc3)cc2)cc1. The molecule has 0 bridgehead atoms. The molecule has 0 radical (unpaired) electrons. The zero-order valence-electron chi connectivity index (χ0n) is 14.8. The molecule has 3 rings (SSSR count). The van der Waals surface area contributed by atoms with Crippen molar-refractivity contribution in [3.05, 3.63) is 95.6 Å². The van der Waals surface area contributed by atoms with E-state index in [1.807, 2.05) is 30.3 Å². The Morgan fingerprint density at radius 3 is 2.07 bits per heavy atom. The lowest BCUT2D eigenvalue weighted by Crippen LogP contribution is -2.12. The molecule has 0 atom stereocenters. The highest BCUT2D eigenvalue weighted by Crippen LogP contribution is 2.18. The smallest absolute Gasteiger partial charge is 0.337 e. The highest BCUT2D eigenvalue weighted by molar-refractivity contribution is 6.04. The van der Waals surface area contributed by atoms with Gasteiger partial charge in [0, 0.05) is 11.3 Å². The van der Waals surface area contributed by atoms with Crippen molar-refractivity contribution in [3.63, 3.8) is 0 Å². The maximum absolute atomic E-state index is 12.3. The summed E-state index contributed by atoms with van der Waals surface area (Å²) in [5.41, 5.74) is 2.59. The van der Waals surface area contributed by atoms with Gasteiger partial charge in [0.15, 0.2) is 0 Å². The lowest BCUT2D eigenvalue weighted by Gasteiger charge is -2.09. The van der Waals surface area contributed by atoms with Gasteiger partial charge in [-0.25, -0.2) is 4.79 Å². The minimum atomic E-state index is -0.437. The van der Waals surface area contributed by atoms with E-state index in [0.717, 1.165) is 11.3 Å². The van der Waals surface area contributed by atoms with Crippen LogP contribution in [-0.2, 0) is 11.3 Å². The van der Waals surface area contributed by atoms with E-state index in [0.29, 0.717) is 23.4 Å². The molecule has 3 aromatic rings. The van der Waals surface area contributed by atoms with Gasteiger partial charge in [-0.2, -0.15) is 0 Å². The fourth-order valence-corrected chi connectivity index (χ4v) is 2.45. The van der Waals surface area contributed by atoms with Crippen LogP contribution >= 0.6 is 0 Å². The minimum Gasteiger partial charge on any atom is -0.489 e. The second-order valence-corrected chi connectivity index (χ2v) is 5.82. The van der Waals surface area contributed by atoms with E-state index >= 15 is 0 Å². The van der Waals surface area contributed by atoms with Crippen molar-refractivity contribution in [2.24, 2.45) is 0 Å². The van der Waals surface area contributed by atoms with E-state index in [4.69, 9.17) is 4.74 Å². The van der Waals surface area contributed by atoms with Gasteiger partial charge in [-0.1, -0.05) is 30.3 Å². The molecule has 0 heterocycles. The molecule has 0 saturated carbocycles. The predicted octanol–water partition coefficient (Wildman–Crippen LogP) is 4.30. The van der Waals surface area contributed by atoms with Crippen molar-refractivity contribution in [3.8, 4) is 5.75 Å². The van der Waals surface area contributed by atoms with Crippen LogP contribution in [0, 0.1) is 0 Å². The first kappa shape index (κ1) is 18.2. The number of benzene rings is 3. The number of esters is 1. The lowest BCUT2D eigenvalue weighted by molar-refractivity contribution is 0.0600. The maximum atomic E-state index is 12.3. The van der Waals surface area contributed by atoms with Gasteiger partial charge in [-0.05, 0) is 54.1 Å². The summed E-state index contributed by atoms with van der Waals surface area (Å²) in [6, 6.07) is 23.3. The Morgan fingerprint density at radius 1 is 0.815 bits per heavy atom. The highest BCUT2D eigenvalue weighted by Gasteiger charge is 2.09. The number of hydrogen-bond acceptors (Lipinski definition) is 4. The molecular weight excluding hydrogens is 342 g/mol. The van der Waals surface area contributed by atoms with Gasteiger partial charge in [0.1, 0.15) is 12.4 Å². The Balaban J connectivity index is 1.57. The van der Waals surface area contributed by atoms with Gasteiger partial charge >= 0.3 is 5.97 Å². The van der Waals surface area contributed by atoms with E-state index in [2.05, 4.69) is 10.1 Å². The number of amides is 1. The van der Waals surface area contributed by atoms with Crippen LogP contribution in [0.25, 0.3) is 0 Å². The van der Waals surface area contributed by atoms with Gasteiger partial charge in [-0.15, -0.1) is 0 Å². The molecule has 0 unspecified atom stereocenters. The molecule has 0 aliphatic rings. The van der Waals surface area contributed by atoms with Crippen molar-refractivity contribution in [1.82, 2.24) is 0 Å². The molecule has 0 aliphatic heterocycles. The van der Waals surface area contributed by atoms with Crippen molar-refractivity contribution < 1.29 is 19.1 Å². The quantitative estimate of drug-likeness (QED) is 0.665. The molecule has 0 aromatic heterocycles. The molecule has 5 heteroatoms. The summed E-state index contributed by atoms with van der Waals surface area (Å²) in [6.07, 6.45) is 0. The van der Waals surface area contributed by atoms with E-state index in [-0.39, 0.29) is 5.91 Å². The Hall–Kier alpha value is -3.60. The average Bonchev–Trinajstić information content (AvgIpc) is 2.73. The second kappa shape index (κ2) is 8.67. The van der Waals surface area contributed by atoms with Crippen molar-refractivity contribution in [2.75, 3.05) is 12.4 Å². The third-order valence-electron chi connectivity index (χ3n) is 3.93. The van der Waals surface area contributed by atoms with E-state index in [9.17, 15) is 9.59 Å². The van der Waals surface area contributed by atoms with Crippen LogP contribution in [0.1, 0.15) is 26.3 Å². The number of rotatable bonds is 6. The summed E-state index contributed by atoms with van der Waals surface area (Å²) in [7, 11) is 1.32. The third-order valence-corrected chi connectivity index (χ3v) is 3.93. The van der Waals surface area contributed by atoms with Crippen molar-refractivity contribution in [1.29, 1.82) is 0 Å². The number of hydrogen-bond donors (Lipinski definition) is 1. The number of ether oxygens (including phenoxy) is 2. The number of nitrogens with one attached hydrogen (secondary N) is 1. The second-order valence-electron chi connectivity index (χ2n) is 5.82. The number of carbonyl (C=O) groups is 2. The first-order valence-corrected chi connectivity index (χ1v) is 8.42. The molecule has 27 heavy (non-hydrogen) atoms. The summed E-state index contributed by atoms with van der Waals surface area (Å²) in [4.78, 5) is 23.7. The van der Waals surface area contributed by atoms with Crippen molar-refractivity contribution >= 4 is 17.6 Å². The van der Waals surface area contributed by atoms with Gasteiger partial charge in [0.25, 0.3) is 5.91 Å². The maximum Gasteiger partial charge on any atom is 0.337 e. The normalized spacial score (nSPS) is 10.1. The largest absolute Gasteiger partial charge is 0.489 e. The topological polar surface area (TPSA) is 64.6 Å². The third kappa shape index (κ3) is 4.95. The van der Waals surface area contributed by atoms with Crippen LogP contribution in [0.15, 0.2) is 78.9 Å². The molecule has 1 amide bonds. The zero-order valence-corrected chi connectivity index (χ0v) is 14.8. The van der Waals surface area contributed by atoms with Crippen LogP contribution in [0.3, 0.4) is 0 Å². The predicted molar refractivity (Wildman–Crippen MR) is 103 cm³/mol. The fraction of sp³-hybridized carbons (Fsp3) is 0.0909. The summed E-state index contributed by atoms with van der Waals surface area (Å²) in [6.45, 7) is 0.485. The molecule has 1 N–H and O–H groups in total. The van der Waals surface area contributed by atoms with E-state index < -0.39 is 5.97 Å². The Bertz CT molecular complexity index is 903. The van der Waals surface area contributed by atoms with Gasteiger partial charge in [-0.3, -0.25) is 4.79 Å². The summed E-state index contributed by atoms with van der Waals surface area (Å²) in [5, 5.41) is 2.81. The standard InChI is InChI=1S/C22H19NO4/c1-26-22(25)18-9-7-17(8-10-18)21(24)23-19-11-13-20(14-12-19)27-15-16-5-3-2-4-6-16/h2-14H,15H2,1H3,(H,23,24). The summed E-state index contributed by atoms with van der Waals surface area (Å²) >= 11 is 0. The molecule has 0 saturated heterocycles. The number of anilines is 1. The first-order valence-electron chi connectivity index (χ1n) is 8.42. The summed E-state index contributed by atoms with van der Waals surface area (Å²) < 4.78 is 10.4. The monoisotopic (exact) mass is 361 g/mol. The van der Waals surface area contributed by atoms with Gasteiger partial charge in [0.2, 0.25) is 0 Å². The highest BCUT2D eigenvalue weighted by atomic mass is 16.5. The molecule has 0 aliphatic carbocycles. The summed E-state index contributed by atoms with van der Waals surface area (Å²) in [5.74, 6) is 0.0247. The molecule has 3 aromatic carbocycles. The molecule has 0 fully saturated rings. The Morgan fingerprint density at radius 2 is 1.44 bits per heavy atom. The Labute approximate surface area is 157 Å². The average molecular weight is 361 g/mol. The van der Waals surface area contributed by atoms with Crippen molar-refractivity contribution in [2.45, 2.75) is 6.61 Å². The van der Waals surface area contributed by atoms with Crippen LogP contribution in [0.5, 0.6) is 5.75 Å². The first-order chi connectivity index (χ1) is 13.2. The minimum absolute atomic E-state index is 0.260. The van der Waals surface area contributed by atoms with Gasteiger partial charge < -0.3 is 14.8 Å². The van der Waals surface area contributed by atoms with E-state index in [1.54, 1.807) is 48.5 Å². The van der Waals surface area contributed by atoms with Gasteiger partial charge in [0.05, 0.1) is 12.7 Å². The molecule has 136 valence electrons. The molecule has 5 nitrogen and oxygen atoms in total. The number of carbonyl (C=O) groups excluding carboxylic acids is 2. The van der Waals surface area contributed by atoms with E-state index in [1.165, 1.54) is 7.11 Å². The lowest BCUT2D eigenvalue weighted by atomic mass is 10.1. The molecule has 0 spiro atoms. The zero-order chi connectivity index (χ0) is 19.1. The van der Waals surface area contributed by atoms with Crippen LogP contribution in [0.4, 0.5) is 5.69 Å². The van der Waals surface area contributed by atoms with Crippen LogP contribution in [0.2, 0.25) is 0 Å². The number of methoxy groups -OCH3 is 1.